The van der Waals surface area contributed by atoms with Gasteiger partial charge < -0.3 is 10.2 Å². The highest BCUT2D eigenvalue weighted by molar-refractivity contribution is 6.32. The largest absolute Gasteiger partial charge is 0.355 e. The summed E-state index contributed by atoms with van der Waals surface area (Å²) in [4.78, 5) is 19.3. The second kappa shape index (κ2) is 8.70. The van der Waals surface area contributed by atoms with E-state index in [0.29, 0.717) is 11.1 Å². The number of anilines is 1. The number of carbonyl (C=O) groups is 1. The number of nitrogens with one attached hydrogen (secondary N) is 1. The predicted molar refractivity (Wildman–Crippen MR) is 98.4 cm³/mol. The van der Waals surface area contributed by atoms with Gasteiger partial charge in [-0.25, -0.2) is 4.98 Å². The molecular weight excluding hydrogens is 322 g/mol. The van der Waals surface area contributed by atoms with Gasteiger partial charge in [-0.3, -0.25) is 4.79 Å². The first kappa shape index (κ1) is 17.5. The lowest BCUT2D eigenvalue weighted by molar-refractivity contribution is -0.126. The quantitative estimate of drug-likeness (QED) is 0.890. The smallest absolute Gasteiger partial charge is 0.225 e. The lowest BCUT2D eigenvalue weighted by Crippen LogP contribution is -2.46. The van der Waals surface area contributed by atoms with Crippen molar-refractivity contribution in [3.63, 3.8) is 0 Å². The molecule has 1 amide bonds. The third-order valence-corrected chi connectivity index (χ3v) is 5.58. The van der Waals surface area contributed by atoms with E-state index in [1.807, 2.05) is 12.1 Å². The van der Waals surface area contributed by atoms with Crippen molar-refractivity contribution in [3.8, 4) is 0 Å². The number of halogens is 1. The van der Waals surface area contributed by atoms with Gasteiger partial charge in [0.2, 0.25) is 5.91 Å². The highest BCUT2D eigenvalue weighted by Crippen LogP contribution is 2.27. The number of amides is 1. The van der Waals surface area contributed by atoms with E-state index in [0.717, 1.165) is 44.6 Å². The maximum absolute atomic E-state index is 12.7. The second-order valence-electron chi connectivity index (χ2n) is 7.14. The molecule has 0 spiro atoms. The number of hydrogen-bond acceptors (Lipinski definition) is 3. The van der Waals surface area contributed by atoms with E-state index in [9.17, 15) is 4.79 Å². The first-order chi connectivity index (χ1) is 11.7. The normalized spacial score (nSPS) is 23.4. The van der Waals surface area contributed by atoms with Crippen LogP contribution in [0.1, 0.15) is 57.8 Å². The minimum absolute atomic E-state index is 0.0438. The molecule has 2 heterocycles. The van der Waals surface area contributed by atoms with Crippen LogP contribution in [0.4, 0.5) is 5.82 Å². The van der Waals surface area contributed by atoms with Crippen molar-refractivity contribution in [1.29, 1.82) is 0 Å². The monoisotopic (exact) mass is 349 g/mol. The van der Waals surface area contributed by atoms with E-state index < -0.39 is 0 Å². The number of piperidine rings is 1. The third kappa shape index (κ3) is 4.62. The van der Waals surface area contributed by atoms with Crippen LogP contribution in [0, 0.1) is 5.92 Å². The summed E-state index contributed by atoms with van der Waals surface area (Å²) < 4.78 is 0. The molecule has 1 N–H and O–H groups in total. The average Bonchev–Trinajstić information content (AvgIpc) is 2.57. The first-order valence-electron chi connectivity index (χ1n) is 9.40. The van der Waals surface area contributed by atoms with Gasteiger partial charge in [-0.2, -0.15) is 0 Å². The molecule has 132 valence electrons. The lowest BCUT2D eigenvalue weighted by Gasteiger charge is -2.34. The van der Waals surface area contributed by atoms with Gasteiger partial charge in [-0.05, 0) is 37.8 Å². The zero-order chi connectivity index (χ0) is 16.8. The fourth-order valence-corrected chi connectivity index (χ4v) is 4.15. The van der Waals surface area contributed by atoms with Crippen molar-refractivity contribution in [1.82, 2.24) is 10.3 Å². The van der Waals surface area contributed by atoms with Crippen LogP contribution < -0.4 is 10.2 Å². The van der Waals surface area contributed by atoms with Crippen LogP contribution in [0.25, 0.3) is 0 Å². The molecule has 5 heteroatoms. The Labute approximate surface area is 150 Å². The summed E-state index contributed by atoms with van der Waals surface area (Å²) in [5.41, 5.74) is 0. The Morgan fingerprint density at radius 1 is 1.12 bits per heavy atom. The Morgan fingerprint density at radius 3 is 2.62 bits per heavy atom. The Balaban J connectivity index is 1.57. The highest BCUT2D eigenvalue weighted by Gasteiger charge is 2.28. The zero-order valence-corrected chi connectivity index (χ0v) is 15.1. The SMILES string of the molecule is O=C(NC1CCCCCCC1)C1CCCN(c2ncccc2Cl)C1. The van der Waals surface area contributed by atoms with Crippen LogP contribution in [0.2, 0.25) is 5.02 Å². The highest BCUT2D eigenvalue weighted by atomic mass is 35.5. The maximum atomic E-state index is 12.7. The van der Waals surface area contributed by atoms with Crippen molar-refractivity contribution < 1.29 is 4.79 Å². The standard InChI is InChI=1S/C19H28ClN3O/c20-17-11-6-12-21-18(17)23-13-7-8-15(14-23)19(24)22-16-9-4-2-1-3-5-10-16/h6,11-12,15-16H,1-5,7-10,13-14H2,(H,22,24). The first-order valence-corrected chi connectivity index (χ1v) is 9.77. The molecule has 4 nitrogen and oxygen atoms in total. The Hall–Kier alpha value is -1.29. The lowest BCUT2D eigenvalue weighted by atomic mass is 9.94. The van der Waals surface area contributed by atoms with Gasteiger partial charge in [0.25, 0.3) is 0 Å². The molecule has 1 aliphatic carbocycles. The molecule has 2 aliphatic rings. The molecular formula is C19H28ClN3O. The van der Waals surface area contributed by atoms with Crippen molar-refractivity contribution in [3.05, 3.63) is 23.4 Å². The fraction of sp³-hybridized carbons (Fsp3) is 0.684. The number of rotatable bonds is 3. The van der Waals surface area contributed by atoms with Crippen LogP contribution in [-0.4, -0.2) is 30.0 Å². The molecule has 1 atom stereocenters. The van der Waals surface area contributed by atoms with Crippen molar-refractivity contribution >= 4 is 23.3 Å². The Bertz CT molecular complexity index is 543. The zero-order valence-electron chi connectivity index (χ0n) is 14.3. The van der Waals surface area contributed by atoms with Gasteiger partial charge >= 0.3 is 0 Å². The number of carbonyl (C=O) groups excluding carboxylic acids is 1. The second-order valence-corrected chi connectivity index (χ2v) is 7.55. The summed E-state index contributed by atoms with van der Waals surface area (Å²) in [5.74, 6) is 1.07. The molecule has 1 aromatic rings. The number of nitrogens with zero attached hydrogens (tertiary/aromatic N) is 2. The van der Waals surface area contributed by atoms with Gasteiger partial charge in [0.05, 0.1) is 10.9 Å². The van der Waals surface area contributed by atoms with Gasteiger partial charge in [0.15, 0.2) is 0 Å². The van der Waals surface area contributed by atoms with Crippen LogP contribution in [-0.2, 0) is 4.79 Å². The van der Waals surface area contributed by atoms with Crippen LogP contribution in [0.3, 0.4) is 0 Å². The minimum Gasteiger partial charge on any atom is -0.355 e. The molecule has 3 rings (SSSR count). The molecule has 0 bridgehead atoms. The molecule has 1 saturated heterocycles. The minimum atomic E-state index is 0.0438. The van der Waals surface area contributed by atoms with Crippen molar-refractivity contribution in [2.75, 3.05) is 18.0 Å². The van der Waals surface area contributed by atoms with Crippen LogP contribution in [0.15, 0.2) is 18.3 Å². The number of hydrogen-bond donors (Lipinski definition) is 1. The molecule has 1 aromatic heterocycles. The van der Waals surface area contributed by atoms with Crippen molar-refractivity contribution in [2.45, 2.75) is 63.8 Å². The topological polar surface area (TPSA) is 45.2 Å². The molecule has 2 fully saturated rings. The van der Waals surface area contributed by atoms with Crippen LogP contribution >= 0.6 is 11.6 Å². The predicted octanol–water partition coefficient (Wildman–Crippen LogP) is 4.18. The molecule has 24 heavy (non-hydrogen) atoms. The maximum Gasteiger partial charge on any atom is 0.225 e. The molecule has 1 saturated carbocycles. The molecule has 1 aliphatic heterocycles. The Morgan fingerprint density at radius 2 is 1.88 bits per heavy atom. The average molecular weight is 350 g/mol. The summed E-state index contributed by atoms with van der Waals surface area (Å²) >= 11 is 6.27. The van der Waals surface area contributed by atoms with E-state index in [1.54, 1.807) is 6.20 Å². The van der Waals surface area contributed by atoms with E-state index >= 15 is 0 Å². The molecule has 0 radical (unpaired) electrons. The third-order valence-electron chi connectivity index (χ3n) is 5.28. The Kier molecular flexibility index (Phi) is 6.36. The summed E-state index contributed by atoms with van der Waals surface area (Å²) in [5, 5.41) is 3.99. The van der Waals surface area contributed by atoms with E-state index in [2.05, 4.69) is 15.2 Å². The van der Waals surface area contributed by atoms with Crippen LogP contribution in [0.5, 0.6) is 0 Å². The summed E-state index contributed by atoms with van der Waals surface area (Å²) in [6, 6.07) is 4.07. The summed E-state index contributed by atoms with van der Waals surface area (Å²) in [6.45, 7) is 1.64. The van der Waals surface area contributed by atoms with E-state index in [-0.39, 0.29) is 11.8 Å². The van der Waals surface area contributed by atoms with Gasteiger partial charge in [-0.1, -0.05) is 43.7 Å². The number of aromatic nitrogens is 1. The fourth-order valence-electron chi connectivity index (χ4n) is 3.91. The van der Waals surface area contributed by atoms with E-state index in [4.69, 9.17) is 11.6 Å². The molecule has 1 unspecified atom stereocenters. The van der Waals surface area contributed by atoms with Gasteiger partial charge in [0, 0.05) is 25.3 Å². The van der Waals surface area contributed by atoms with Crippen molar-refractivity contribution in [2.24, 2.45) is 5.92 Å². The molecule has 0 aromatic carbocycles. The van der Waals surface area contributed by atoms with Gasteiger partial charge in [0.1, 0.15) is 5.82 Å². The summed E-state index contributed by atoms with van der Waals surface area (Å²) in [7, 11) is 0. The van der Waals surface area contributed by atoms with Gasteiger partial charge in [-0.15, -0.1) is 0 Å². The number of pyridine rings is 1. The van der Waals surface area contributed by atoms with E-state index in [1.165, 1.54) is 32.1 Å². The summed E-state index contributed by atoms with van der Waals surface area (Å²) in [6.07, 6.45) is 12.4.